The van der Waals surface area contributed by atoms with Crippen LogP contribution in [0.25, 0.3) is 11.3 Å². The number of likely N-dealkylation sites (tertiary alicyclic amines) is 1. The first-order valence-corrected chi connectivity index (χ1v) is 8.17. The van der Waals surface area contributed by atoms with Crippen molar-refractivity contribution in [2.24, 2.45) is 5.92 Å². The third-order valence-electron chi connectivity index (χ3n) is 4.54. The molecule has 0 bridgehead atoms. The van der Waals surface area contributed by atoms with Gasteiger partial charge in [0.2, 0.25) is 0 Å². The van der Waals surface area contributed by atoms with Gasteiger partial charge in [0.15, 0.2) is 0 Å². The van der Waals surface area contributed by atoms with Crippen molar-refractivity contribution in [2.75, 3.05) is 26.7 Å². The lowest BCUT2D eigenvalue weighted by atomic mass is 9.93. The molecule has 3 rings (SSSR count). The zero-order chi connectivity index (χ0) is 16.1. The summed E-state index contributed by atoms with van der Waals surface area (Å²) in [5, 5.41) is 10.2. The van der Waals surface area contributed by atoms with E-state index >= 15 is 0 Å². The van der Waals surface area contributed by atoms with E-state index in [2.05, 4.69) is 20.5 Å². The number of piperidine rings is 1. The summed E-state index contributed by atoms with van der Waals surface area (Å²) < 4.78 is 0. The average molecular weight is 313 g/mol. The normalized spacial score (nSPS) is 15.8. The smallest absolute Gasteiger partial charge is 0.257 e. The van der Waals surface area contributed by atoms with Crippen LogP contribution in [0.2, 0.25) is 0 Å². The third kappa shape index (κ3) is 3.59. The molecule has 0 unspecified atom stereocenters. The Labute approximate surface area is 136 Å². The van der Waals surface area contributed by atoms with Crippen LogP contribution in [0.3, 0.4) is 0 Å². The highest BCUT2D eigenvalue weighted by Gasteiger charge is 2.26. The van der Waals surface area contributed by atoms with Crippen molar-refractivity contribution in [1.29, 1.82) is 0 Å². The highest BCUT2D eigenvalue weighted by Crippen LogP contribution is 2.25. The van der Waals surface area contributed by atoms with E-state index in [0.717, 1.165) is 49.7 Å². The molecule has 23 heavy (non-hydrogen) atoms. The lowest BCUT2D eigenvalue weighted by molar-refractivity contribution is 0.0688. The molecule has 122 valence electrons. The Morgan fingerprint density at radius 1 is 1.35 bits per heavy atom. The Morgan fingerprint density at radius 3 is 2.78 bits per heavy atom. The van der Waals surface area contributed by atoms with E-state index in [0.29, 0.717) is 5.56 Å². The van der Waals surface area contributed by atoms with Gasteiger partial charge >= 0.3 is 0 Å². The minimum absolute atomic E-state index is 0.0672. The van der Waals surface area contributed by atoms with Crippen LogP contribution < -0.4 is 5.32 Å². The number of nitrogens with one attached hydrogen (secondary N) is 2. The van der Waals surface area contributed by atoms with Crippen molar-refractivity contribution in [3.8, 4) is 11.3 Å². The van der Waals surface area contributed by atoms with Gasteiger partial charge in [-0.2, -0.15) is 5.10 Å². The summed E-state index contributed by atoms with van der Waals surface area (Å²) in [5.41, 5.74) is 2.35. The molecule has 2 aromatic heterocycles. The molecule has 0 aliphatic carbocycles. The number of hydrogen-bond donors (Lipinski definition) is 2. The van der Waals surface area contributed by atoms with Gasteiger partial charge in [0.1, 0.15) is 0 Å². The highest BCUT2D eigenvalue weighted by atomic mass is 16.2. The van der Waals surface area contributed by atoms with Crippen molar-refractivity contribution < 1.29 is 4.79 Å². The molecule has 6 heteroatoms. The number of hydrogen-bond acceptors (Lipinski definition) is 4. The fourth-order valence-corrected chi connectivity index (χ4v) is 3.13. The fourth-order valence-electron chi connectivity index (χ4n) is 3.13. The maximum atomic E-state index is 12.8. The molecule has 1 saturated heterocycles. The molecule has 2 N–H and O–H groups in total. The standard InChI is InChI=1S/C17H23N5O/c1-18-7-2-13-5-10-22(11-6-13)17(23)15-12-20-21-16(15)14-3-8-19-9-4-14/h3-4,8-9,12-13,18H,2,5-7,10-11H2,1H3,(H,20,21). The summed E-state index contributed by atoms with van der Waals surface area (Å²) in [6, 6.07) is 3.77. The van der Waals surface area contributed by atoms with Gasteiger partial charge in [-0.05, 0) is 50.9 Å². The van der Waals surface area contributed by atoms with Crippen LogP contribution in [-0.2, 0) is 0 Å². The van der Waals surface area contributed by atoms with Crippen LogP contribution in [0.5, 0.6) is 0 Å². The second-order valence-electron chi connectivity index (χ2n) is 6.02. The van der Waals surface area contributed by atoms with Crippen molar-refractivity contribution >= 4 is 5.91 Å². The van der Waals surface area contributed by atoms with Gasteiger partial charge < -0.3 is 10.2 Å². The summed E-state index contributed by atoms with van der Waals surface area (Å²) in [4.78, 5) is 18.8. The van der Waals surface area contributed by atoms with Crippen LogP contribution in [0.1, 0.15) is 29.6 Å². The number of pyridine rings is 1. The highest BCUT2D eigenvalue weighted by molar-refractivity contribution is 5.99. The first-order chi connectivity index (χ1) is 11.3. The van der Waals surface area contributed by atoms with Crippen molar-refractivity contribution in [2.45, 2.75) is 19.3 Å². The minimum Gasteiger partial charge on any atom is -0.339 e. The minimum atomic E-state index is 0.0672. The Balaban J connectivity index is 1.67. The Hall–Kier alpha value is -2.21. The topological polar surface area (TPSA) is 73.9 Å². The second-order valence-corrected chi connectivity index (χ2v) is 6.02. The summed E-state index contributed by atoms with van der Waals surface area (Å²) in [5.74, 6) is 0.785. The molecule has 1 aliphatic heterocycles. The Morgan fingerprint density at radius 2 is 2.09 bits per heavy atom. The summed E-state index contributed by atoms with van der Waals surface area (Å²) in [6.07, 6.45) is 8.42. The van der Waals surface area contributed by atoms with E-state index in [9.17, 15) is 4.79 Å². The van der Waals surface area contributed by atoms with Gasteiger partial charge in [-0.3, -0.25) is 14.9 Å². The van der Waals surface area contributed by atoms with Gasteiger partial charge in [-0.1, -0.05) is 0 Å². The number of aromatic amines is 1. The first-order valence-electron chi connectivity index (χ1n) is 8.17. The second kappa shape index (κ2) is 7.37. The van der Waals surface area contributed by atoms with E-state index in [1.165, 1.54) is 6.42 Å². The van der Waals surface area contributed by atoms with E-state index < -0.39 is 0 Å². The number of nitrogens with zero attached hydrogens (tertiary/aromatic N) is 3. The van der Waals surface area contributed by atoms with Gasteiger partial charge in [0.05, 0.1) is 17.5 Å². The van der Waals surface area contributed by atoms with Gasteiger partial charge in [-0.15, -0.1) is 0 Å². The van der Waals surface area contributed by atoms with Crippen molar-refractivity contribution in [3.05, 3.63) is 36.3 Å². The number of rotatable bonds is 5. The molecule has 0 spiro atoms. The Bertz CT molecular complexity index is 631. The SMILES string of the molecule is CNCCC1CCN(C(=O)c2cn[nH]c2-c2ccncc2)CC1. The number of H-pyrrole nitrogens is 1. The van der Waals surface area contributed by atoms with Crippen LogP contribution in [-0.4, -0.2) is 52.7 Å². The first kappa shape index (κ1) is 15.7. The molecule has 1 amide bonds. The molecule has 0 saturated carbocycles. The molecule has 1 fully saturated rings. The monoisotopic (exact) mass is 313 g/mol. The van der Waals surface area contributed by atoms with Crippen LogP contribution in [0.15, 0.2) is 30.7 Å². The summed E-state index contributed by atoms with van der Waals surface area (Å²) in [6.45, 7) is 2.70. The number of amides is 1. The van der Waals surface area contributed by atoms with Gasteiger partial charge in [0.25, 0.3) is 5.91 Å². The van der Waals surface area contributed by atoms with E-state index in [4.69, 9.17) is 0 Å². The maximum absolute atomic E-state index is 12.8. The molecule has 1 aliphatic rings. The largest absolute Gasteiger partial charge is 0.339 e. The summed E-state index contributed by atoms with van der Waals surface area (Å²) >= 11 is 0. The predicted molar refractivity (Wildman–Crippen MR) is 89.0 cm³/mol. The van der Waals surface area contributed by atoms with E-state index in [-0.39, 0.29) is 5.91 Å². The van der Waals surface area contributed by atoms with Crippen LogP contribution >= 0.6 is 0 Å². The lowest BCUT2D eigenvalue weighted by Gasteiger charge is -2.32. The fraction of sp³-hybridized carbons (Fsp3) is 0.471. The average Bonchev–Trinajstić information content (AvgIpc) is 3.10. The zero-order valence-electron chi connectivity index (χ0n) is 13.5. The molecule has 6 nitrogen and oxygen atoms in total. The van der Waals surface area contributed by atoms with E-state index in [1.54, 1.807) is 18.6 Å². The zero-order valence-corrected chi connectivity index (χ0v) is 13.5. The summed E-state index contributed by atoms with van der Waals surface area (Å²) in [7, 11) is 1.98. The van der Waals surface area contributed by atoms with Crippen molar-refractivity contribution in [1.82, 2.24) is 25.4 Å². The van der Waals surface area contributed by atoms with Crippen LogP contribution in [0.4, 0.5) is 0 Å². The molecular formula is C17H23N5O. The molecule has 2 aromatic rings. The Kier molecular flexibility index (Phi) is 5.02. The van der Waals surface area contributed by atoms with Crippen molar-refractivity contribution in [3.63, 3.8) is 0 Å². The number of carbonyl (C=O) groups excluding carboxylic acids is 1. The molecule has 3 heterocycles. The molecule has 0 aromatic carbocycles. The molecule has 0 atom stereocenters. The van der Waals surface area contributed by atoms with Gasteiger partial charge in [0, 0.05) is 31.0 Å². The lowest BCUT2D eigenvalue weighted by Crippen LogP contribution is -2.39. The number of carbonyl (C=O) groups is 1. The quantitative estimate of drug-likeness (QED) is 0.884. The van der Waals surface area contributed by atoms with Crippen LogP contribution in [0, 0.1) is 5.92 Å². The maximum Gasteiger partial charge on any atom is 0.257 e. The molecule has 0 radical (unpaired) electrons. The number of aromatic nitrogens is 3. The van der Waals surface area contributed by atoms with E-state index in [1.807, 2.05) is 24.1 Å². The predicted octanol–water partition coefficient (Wildman–Crippen LogP) is 1.93. The third-order valence-corrected chi connectivity index (χ3v) is 4.54. The van der Waals surface area contributed by atoms with Gasteiger partial charge in [-0.25, -0.2) is 0 Å². The molecular weight excluding hydrogens is 290 g/mol.